The van der Waals surface area contributed by atoms with Crippen molar-refractivity contribution in [1.29, 1.82) is 0 Å². The zero-order valence-electron chi connectivity index (χ0n) is 18.5. The molecule has 164 valence electrons. The molecular formula is C27H27NO4. The Morgan fingerprint density at radius 2 is 1.59 bits per heavy atom. The van der Waals surface area contributed by atoms with Crippen LogP contribution in [-0.2, 0) is 11.2 Å². The molecule has 3 aromatic carbocycles. The number of carbonyl (C=O) groups is 1. The molecule has 5 heteroatoms. The second-order valence-corrected chi connectivity index (χ2v) is 7.88. The van der Waals surface area contributed by atoms with Crippen LogP contribution in [0.5, 0.6) is 11.5 Å². The third kappa shape index (κ3) is 4.06. The van der Waals surface area contributed by atoms with Crippen LogP contribution >= 0.6 is 0 Å². The molecular weight excluding hydrogens is 402 g/mol. The Balaban J connectivity index is 1.67. The van der Waals surface area contributed by atoms with Crippen molar-refractivity contribution in [2.75, 3.05) is 20.8 Å². The predicted molar refractivity (Wildman–Crippen MR) is 125 cm³/mol. The number of nitrogens with zero attached hydrogens (tertiary/aromatic N) is 1. The van der Waals surface area contributed by atoms with Gasteiger partial charge < -0.3 is 19.5 Å². The highest BCUT2D eigenvalue weighted by molar-refractivity contribution is 6.05. The van der Waals surface area contributed by atoms with Gasteiger partial charge in [0, 0.05) is 12.1 Å². The molecule has 0 aliphatic carbocycles. The maximum Gasteiger partial charge on any atom is 0.289 e. The molecule has 0 fully saturated rings. The molecule has 1 atom stereocenters. The topological polar surface area (TPSA) is 59.0 Å². The monoisotopic (exact) mass is 429 g/mol. The van der Waals surface area contributed by atoms with E-state index in [9.17, 15) is 9.90 Å². The highest BCUT2D eigenvalue weighted by Crippen LogP contribution is 2.43. The molecule has 1 amide bonds. The minimum absolute atomic E-state index is 0.185. The molecule has 1 N–H and O–H groups in total. The maximum absolute atomic E-state index is 13.2. The molecule has 1 aliphatic heterocycles. The number of methoxy groups -OCH3 is 2. The van der Waals surface area contributed by atoms with Crippen LogP contribution < -0.4 is 9.47 Å². The molecule has 4 rings (SSSR count). The fourth-order valence-corrected chi connectivity index (χ4v) is 4.18. The SMILES string of the molecule is COc1ccc(CCN2C(=O)C(O)=C(c3ccc(C)cc3)C2c2ccccc2)cc1OC. The van der Waals surface area contributed by atoms with E-state index in [0.29, 0.717) is 30.0 Å². The van der Waals surface area contributed by atoms with Crippen molar-refractivity contribution in [2.45, 2.75) is 19.4 Å². The molecule has 1 unspecified atom stereocenters. The van der Waals surface area contributed by atoms with Gasteiger partial charge in [-0.1, -0.05) is 66.2 Å². The van der Waals surface area contributed by atoms with E-state index in [4.69, 9.17) is 9.47 Å². The van der Waals surface area contributed by atoms with E-state index in [1.54, 1.807) is 19.1 Å². The average molecular weight is 430 g/mol. The Hall–Kier alpha value is -3.73. The largest absolute Gasteiger partial charge is 0.503 e. The number of benzene rings is 3. The van der Waals surface area contributed by atoms with Gasteiger partial charge in [-0.25, -0.2) is 0 Å². The molecule has 0 bridgehead atoms. The average Bonchev–Trinajstić information content (AvgIpc) is 3.08. The predicted octanol–water partition coefficient (Wildman–Crippen LogP) is 5.11. The fourth-order valence-electron chi connectivity index (χ4n) is 4.18. The van der Waals surface area contributed by atoms with Gasteiger partial charge in [0.2, 0.25) is 0 Å². The Labute approximate surface area is 188 Å². The molecule has 0 aromatic heterocycles. The third-order valence-electron chi connectivity index (χ3n) is 5.87. The Bertz CT molecular complexity index is 1140. The Morgan fingerprint density at radius 1 is 0.906 bits per heavy atom. The summed E-state index contributed by atoms with van der Waals surface area (Å²) in [6.07, 6.45) is 0.615. The number of hydrogen-bond donors (Lipinski definition) is 1. The van der Waals surface area contributed by atoms with Crippen molar-refractivity contribution in [3.63, 3.8) is 0 Å². The highest BCUT2D eigenvalue weighted by Gasteiger charge is 2.40. The lowest BCUT2D eigenvalue weighted by Gasteiger charge is -2.27. The van der Waals surface area contributed by atoms with Crippen LogP contribution in [0.3, 0.4) is 0 Å². The highest BCUT2D eigenvalue weighted by atomic mass is 16.5. The fraction of sp³-hybridized carbons (Fsp3) is 0.222. The minimum atomic E-state index is -0.355. The summed E-state index contributed by atoms with van der Waals surface area (Å²) in [6.45, 7) is 2.47. The molecule has 32 heavy (non-hydrogen) atoms. The second kappa shape index (κ2) is 9.18. The standard InChI is InChI=1S/C27H27NO4/c1-18-9-12-20(13-10-18)24-25(21-7-5-4-6-8-21)28(27(30)26(24)29)16-15-19-11-14-22(31-2)23(17-19)32-3/h4-14,17,25,29H,15-16H2,1-3H3. The van der Waals surface area contributed by atoms with Gasteiger partial charge in [0.15, 0.2) is 17.3 Å². The zero-order chi connectivity index (χ0) is 22.7. The summed E-state index contributed by atoms with van der Waals surface area (Å²) in [5, 5.41) is 10.9. The van der Waals surface area contributed by atoms with E-state index < -0.39 is 0 Å². The van der Waals surface area contributed by atoms with Crippen LogP contribution in [0.25, 0.3) is 5.57 Å². The summed E-state index contributed by atoms with van der Waals surface area (Å²) in [5.74, 6) is 0.778. The molecule has 1 aliphatic rings. The van der Waals surface area contributed by atoms with Crippen molar-refractivity contribution in [3.8, 4) is 11.5 Å². The normalized spacial score (nSPS) is 15.9. The van der Waals surface area contributed by atoms with Gasteiger partial charge in [0.05, 0.1) is 20.3 Å². The van der Waals surface area contributed by atoms with Crippen LogP contribution in [0.4, 0.5) is 0 Å². The van der Waals surface area contributed by atoms with Gasteiger partial charge in [0.25, 0.3) is 5.91 Å². The summed E-state index contributed by atoms with van der Waals surface area (Å²) in [7, 11) is 3.21. The summed E-state index contributed by atoms with van der Waals surface area (Å²) in [5.41, 5.74) is 4.61. The van der Waals surface area contributed by atoms with Gasteiger partial charge >= 0.3 is 0 Å². The van der Waals surface area contributed by atoms with Gasteiger partial charge in [-0.2, -0.15) is 0 Å². The summed E-state index contributed by atoms with van der Waals surface area (Å²) in [6, 6.07) is 23.1. The third-order valence-corrected chi connectivity index (χ3v) is 5.87. The van der Waals surface area contributed by atoms with Crippen LogP contribution in [0.2, 0.25) is 0 Å². The van der Waals surface area contributed by atoms with Crippen molar-refractivity contribution >= 4 is 11.5 Å². The van der Waals surface area contributed by atoms with Crippen LogP contribution in [0, 0.1) is 6.92 Å². The van der Waals surface area contributed by atoms with Crippen molar-refractivity contribution in [1.82, 2.24) is 4.90 Å². The van der Waals surface area contributed by atoms with Crippen molar-refractivity contribution in [3.05, 3.63) is 101 Å². The van der Waals surface area contributed by atoms with Crippen molar-refractivity contribution in [2.24, 2.45) is 0 Å². The van der Waals surface area contributed by atoms with E-state index in [2.05, 4.69) is 0 Å². The number of rotatable bonds is 7. The molecule has 5 nitrogen and oxygen atoms in total. The zero-order valence-corrected chi connectivity index (χ0v) is 18.5. The molecule has 0 spiro atoms. The van der Waals surface area contributed by atoms with E-state index >= 15 is 0 Å². The lowest BCUT2D eigenvalue weighted by Crippen LogP contribution is -2.32. The summed E-state index contributed by atoms with van der Waals surface area (Å²) in [4.78, 5) is 14.9. The quantitative estimate of drug-likeness (QED) is 0.567. The first-order valence-electron chi connectivity index (χ1n) is 10.6. The number of amides is 1. The van der Waals surface area contributed by atoms with Gasteiger partial charge in [-0.15, -0.1) is 0 Å². The van der Waals surface area contributed by atoms with Gasteiger partial charge in [-0.05, 0) is 42.2 Å². The first kappa shape index (κ1) is 21.5. The number of aryl methyl sites for hydroxylation is 1. The van der Waals surface area contributed by atoms with Crippen LogP contribution in [0.1, 0.15) is 28.3 Å². The Morgan fingerprint density at radius 3 is 2.25 bits per heavy atom. The van der Waals surface area contributed by atoms with E-state index in [-0.39, 0.29) is 17.7 Å². The van der Waals surface area contributed by atoms with Crippen LogP contribution in [-0.4, -0.2) is 36.7 Å². The number of aliphatic hydroxyl groups is 1. The molecule has 0 radical (unpaired) electrons. The minimum Gasteiger partial charge on any atom is -0.503 e. The van der Waals surface area contributed by atoms with Crippen molar-refractivity contribution < 1.29 is 19.4 Å². The number of carbonyl (C=O) groups excluding carboxylic acids is 1. The smallest absolute Gasteiger partial charge is 0.289 e. The molecule has 3 aromatic rings. The van der Waals surface area contributed by atoms with E-state index in [0.717, 1.165) is 22.3 Å². The first-order chi connectivity index (χ1) is 15.5. The lowest BCUT2D eigenvalue weighted by molar-refractivity contribution is -0.129. The van der Waals surface area contributed by atoms with Gasteiger partial charge in [-0.3, -0.25) is 4.79 Å². The first-order valence-corrected chi connectivity index (χ1v) is 10.6. The molecule has 1 heterocycles. The summed E-state index contributed by atoms with van der Waals surface area (Å²) < 4.78 is 10.7. The summed E-state index contributed by atoms with van der Waals surface area (Å²) >= 11 is 0. The van der Waals surface area contributed by atoms with Crippen LogP contribution in [0.15, 0.2) is 78.6 Å². The second-order valence-electron chi connectivity index (χ2n) is 7.88. The van der Waals surface area contributed by atoms with E-state index in [1.165, 1.54) is 0 Å². The maximum atomic E-state index is 13.2. The Kier molecular flexibility index (Phi) is 6.17. The number of ether oxygens (including phenoxy) is 2. The van der Waals surface area contributed by atoms with E-state index in [1.807, 2.05) is 79.7 Å². The van der Waals surface area contributed by atoms with Gasteiger partial charge in [0.1, 0.15) is 0 Å². The lowest BCUT2D eigenvalue weighted by atomic mass is 9.93. The number of hydrogen-bond acceptors (Lipinski definition) is 4. The molecule has 0 saturated heterocycles. The number of aliphatic hydroxyl groups excluding tert-OH is 1. The molecule has 0 saturated carbocycles.